The van der Waals surface area contributed by atoms with Gasteiger partial charge in [0.2, 0.25) is 5.91 Å². The molecule has 0 bridgehead atoms. The standard InChI is InChI=1S/C17H24N4OS/c1-16(2,14-5-3-12-23-14)13-19-15(22)17(6-9-18-10-7-17)21-11-4-8-20-21/h3-5,8,11-12,18H,6-7,9-10,13H2,1-2H3,(H,19,22). The second kappa shape index (κ2) is 6.45. The fourth-order valence-electron chi connectivity index (χ4n) is 3.14. The number of carbonyl (C=O) groups excluding carboxylic acids is 1. The first-order valence-corrected chi connectivity index (χ1v) is 8.96. The Hall–Kier alpha value is -1.66. The summed E-state index contributed by atoms with van der Waals surface area (Å²) in [6.45, 7) is 6.64. The van der Waals surface area contributed by atoms with Crippen LogP contribution in [0.5, 0.6) is 0 Å². The van der Waals surface area contributed by atoms with Crippen LogP contribution in [-0.4, -0.2) is 35.3 Å². The van der Waals surface area contributed by atoms with E-state index in [1.54, 1.807) is 17.5 Å². The predicted molar refractivity (Wildman–Crippen MR) is 92.7 cm³/mol. The predicted octanol–water partition coefficient (Wildman–Crippen LogP) is 2.12. The summed E-state index contributed by atoms with van der Waals surface area (Å²) in [5, 5.41) is 13.0. The largest absolute Gasteiger partial charge is 0.353 e. The average Bonchev–Trinajstić information content (AvgIpc) is 3.26. The lowest BCUT2D eigenvalue weighted by atomic mass is 9.86. The minimum Gasteiger partial charge on any atom is -0.353 e. The van der Waals surface area contributed by atoms with E-state index in [-0.39, 0.29) is 11.3 Å². The number of nitrogens with zero attached hydrogens (tertiary/aromatic N) is 2. The number of rotatable bonds is 5. The number of aromatic nitrogens is 2. The molecule has 2 aromatic rings. The molecule has 5 nitrogen and oxygen atoms in total. The summed E-state index contributed by atoms with van der Waals surface area (Å²) in [6.07, 6.45) is 5.17. The molecule has 0 radical (unpaired) electrons. The topological polar surface area (TPSA) is 59.0 Å². The molecule has 1 aliphatic heterocycles. The first kappa shape index (κ1) is 16.2. The van der Waals surface area contributed by atoms with Gasteiger partial charge in [0.05, 0.1) is 0 Å². The molecule has 1 amide bonds. The van der Waals surface area contributed by atoms with E-state index in [0.717, 1.165) is 25.9 Å². The maximum Gasteiger partial charge on any atom is 0.248 e. The minimum absolute atomic E-state index is 0.0674. The Balaban J connectivity index is 1.75. The first-order valence-electron chi connectivity index (χ1n) is 8.08. The lowest BCUT2D eigenvalue weighted by molar-refractivity contribution is -0.132. The number of hydrogen-bond donors (Lipinski definition) is 2. The van der Waals surface area contributed by atoms with Crippen LogP contribution < -0.4 is 10.6 Å². The highest BCUT2D eigenvalue weighted by Crippen LogP contribution is 2.29. The molecule has 0 aromatic carbocycles. The van der Waals surface area contributed by atoms with E-state index >= 15 is 0 Å². The second-order valence-corrected chi connectivity index (χ2v) is 7.72. The Morgan fingerprint density at radius 1 is 1.43 bits per heavy atom. The van der Waals surface area contributed by atoms with Crippen molar-refractivity contribution in [3.8, 4) is 0 Å². The monoisotopic (exact) mass is 332 g/mol. The van der Waals surface area contributed by atoms with Crippen LogP contribution in [0.1, 0.15) is 31.6 Å². The van der Waals surface area contributed by atoms with Gasteiger partial charge in [0.15, 0.2) is 0 Å². The molecule has 0 unspecified atom stereocenters. The van der Waals surface area contributed by atoms with Gasteiger partial charge >= 0.3 is 0 Å². The van der Waals surface area contributed by atoms with Gasteiger partial charge in [0, 0.05) is 29.2 Å². The van der Waals surface area contributed by atoms with Crippen molar-refractivity contribution in [2.24, 2.45) is 0 Å². The van der Waals surface area contributed by atoms with Crippen LogP contribution in [0.25, 0.3) is 0 Å². The smallest absolute Gasteiger partial charge is 0.248 e. The van der Waals surface area contributed by atoms with Gasteiger partial charge in [0.1, 0.15) is 5.54 Å². The zero-order chi connectivity index (χ0) is 16.3. The fourth-order valence-corrected chi connectivity index (χ4v) is 3.99. The number of nitrogens with one attached hydrogen (secondary N) is 2. The van der Waals surface area contributed by atoms with Crippen LogP contribution in [0.2, 0.25) is 0 Å². The van der Waals surface area contributed by atoms with Crippen molar-refractivity contribution in [3.63, 3.8) is 0 Å². The Kier molecular flexibility index (Phi) is 4.55. The molecular weight excluding hydrogens is 308 g/mol. The van der Waals surface area contributed by atoms with E-state index in [1.165, 1.54) is 4.88 Å². The molecule has 1 aliphatic rings. The highest BCUT2D eigenvalue weighted by Gasteiger charge is 2.42. The highest BCUT2D eigenvalue weighted by molar-refractivity contribution is 7.10. The Morgan fingerprint density at radius 3 is 2.83 bits per heavy atom. The van der Waals surface area contributed by atoms with E-state index in [1.807, 2.05) is 16.9 Å². The summed E-state index contributed by atoms with van der Waals surface area (Å²) in [6, 6.07) is 6.07. The van der Waals surface area contributed by atoms with Crippen LogP contribution in [0.15, 0.2) is 36.0 Å². The van der Waals surface area contributed by atoms with E-state index in [2.05, 4.69) is 47.1 Å². The molecule has 6 heteroatoms. The summed E-state index contributed by atoms with van der Waals surface area (Å²) >= 11 is 1.74. The Labute approximate surface area is 141 Å². The van der Waals surface area contributed by atoms with Crippen molar-refractivity contribution in [1.29, 1.82) is 0 Å². The number of hydrogen-bond acceptors (Lipinski definition) is 4. The van der Waals surface area contributed by atoms with Gasteiger partial charge in [-0.3, -0.25) is 9.48 Å². The van der Waals surface area contributed by atoms with Crippen LogP contribution in [0, 0.1) is 0 Å². The summed E-state index contributed by atoms with van der Waals surface area (Å²) in [5.74, 6) is 0.0762. The molecule has 1 saturated heterocycles. The fraction of sp³-hybridized carbons (Fsp3) is 0.529. The van der Waals surface area contributed by atoms with E-state index in [9.17, 15) is 4.79 Å². The van der Waals surface area contributed by atoms with E-state index in [4.69, 9.17) is 0 Å². The SMILES string of the molecule is CC(C)(CNC(=O)C1(n2cccn2)CCNCC1)c1cccs1. The normalized spacial score (nSPS) is 17.8. The third-order valence-electron chi connectivity index (χ3n) is 4.68. The summed E-state index contributed by atoms with van der Waals surface area (Å²) < 4.78 is 1.83. The number of amides is 1. The van der Waals surface area contributed by atoms with Gasteiger partial charge < -0.3 is 10.6 Å². The third-order valence-corrected chi connectivity index (χ3v) is 5.91. The molecule has 2 N–H and O–H groups in total. The Bertz CT molecular complexity index is 628. The molecule has 3 heterocycles. The summed E-state index contributed by atoms with van der Waals surface area (Å²) in [7, 11) is 0. The van der Waals surface area contributed by atoms with E-state index in [0.29, 0.717) is 6.54 Å². The first-order chi connectivity index (χ1) is 11.0. The Morgan fingerprint density at radius 2 is 2.22 bits per heavy atom. The molecule has 0 aliphatic carbocycles. The molecule has 0 spiro atoms. The average molecular weight is 332 g/mol. The molecular formula is C17H24N4OS. The van der Waals surface area contributed by atoms with Crippen molar-refractivity contribution in [2.75, 3.05) is 19.6 Å². The summed E-state index contributed by atoms with van der Waals surface area (Å²) in [4.78, 5) is 14.3. The van der Waals surface area contributed by atoms with Crippen molar-refractivity contribution < 1.29 is 4.79 Å². The van der Waals surface area contributed by atoms with Crippen molar-refractivity contribution in [1.82, 2.24) is 20.4 Å². The second-order valence-electron chi connectivity index (χ2n) is 6.78. The van der Waals surface area contributed by atoms with Gasteiger partial charge in [-0.2, -0.15) is 5.10 Å². The number of thiophene rings is 1. The maximum absolute atomic E-state index is 13.0. The number of carbonyl (C=O) groups is 1. The molecule has 2 aromatic heterocycles. The van der Waals surface area contributed by atoms with Crippen LogP contribution in [0.3, 0.4) is 0 Å². The van der Waals surface area contributed by atoms with Crippen LogP contribution in [0.4, 0.5) is 0 Å². The van der Waals surface area contributed by atoms with Gasteiger partial charge in [0.25, 0.3) is 0 Å². The molecule has 124 valence electrons. The molecule has 1 fully saturated rings. The molecule has 0 atom stereocenters. The van der Waals surface area contributed by atoms with Crippen LogP contribution in [-0.2, 0) is 15.7 Å². The minimum atomic E-state index is -0.569. The zero-order valence-electron chi connectivity index (χ0n) is 13.7. The number of piperidine rings is 1. The quantitative estimate of drug-likeness (QED) is 0.882. The van der Waals surface area contributed by atoms with Gasteiger partial charge in [-0.1, -0.05) is 19.9 Å². The van der Waals surface area contributed by atoms with Crippen molar-refractivity contribution >= 4 is 17.2 Å². The van der Waals surface area contributed by atoms with Crippen molar-refractivity contribution in [2.45, 2.75) is 37.6 Å². The lowest BCUT2D eigenvalue weighted by Gasteiger charge is -2.37. The summed E-state index contributed by atoms with van der Waals surface area (Å²) in [5.41, 5.74) is -0.637. The van der Waals surface area contributed by atoms with Gasteiger partial charge in [-0.15, -0.1) is 11.3 Å². The molecule has 0 saturated carbocycles. The van der Waals surface area contributed by atoms with Crippen LogP contribution >= 0.6 is 11.3 Å². The lowest BCUT2D eigenvalue weighted by Crippen LogP contribution is -2.56. The molecule has 3 rings (SSSR count). The van der Waals surface area contributed by atoms with Gasteiger partial charge in [-0.05, 0) is 43.4 Å². The third kappa shape index (κ3) is 3.19. The van der Waals surface area contributed by atoms with Gasteiger partial charge in [-0.25, -0.2) is 0 Å². The maximum atomic E-state index is 13.0. The zero-order valence-corrected chi connectivity index (χ0v) is 14.5. The van der Waals surface area contributed by atoms with Crippen molar-refractivity contribution in [3.05, 3.63) is 40.8 Å². The highest BCUT2D eigenvalue weighted by atomic mass is 32.1. The molecule has 23 heavy (non-hydrogen) atoms. The van der Waals surface area contributed by atoms with E-state index < -0.39 is 5.54 Å².